The van der Waals surface area contributed by atoms with Crippen LogP contribution < -0.4 is 14.5 Å². The molecular weight excluding hydrogens is 505 g/mol. The van der Waals surface area contributed by atoms with Gasteiger partial charge in [0.2, 0.25) is 0 Å². The van der Waals surface area contributed by atoms with Gasteiger partial charge in [0.05, 0.1) is 28.6 Å². The van der Waals surface area contributed by atoms with Gasteiger partial charge in [-0.1, -0.05) is 19.6 Å². The van der Waals surface area contributed by atoms with Gasteiger partial charge in [-0.3, -0.25) is 14.6 Å². The number of carbonyl (C=O) groups excluding carboxylic acids is 1. The smallest absolute Gasteiger partial charge is 0.387 e. The molecule has 0 N–H and O–H groups in total. The highest BCUT2D eigenvalue weighted by Gasteiger charge is 2.46. The van der Waals surface area contributed by atoms with E-state index < -0.39 is 27.7 Å². The van der Waals surface area contributed by atoms with Crippen LogP contribution in [0.4, 0.5) is 35.9 Å². The highest BCUT2D eigenvalue weighted by molar-refractivity contribution is 7.92. The number of hydrogen-bond acceptors (Lipinski definition) is 6. The van der Waals surface area contributed by atoms with Crippen molar-refractivity contribution in [3.63, 3.8) is 0 Å². The van der Waals surface area contributed by atoms with Gasteiger partial charge in [-0.05, 0) is 54.6 Å². The molecule has 6 nitrogen and oxygen atoms in total. The summed E-state index contributed by atoms with van der Waals surface area (Å²) in [5.41, 5.74) is 2.07. The minimum absolute atomic E-state index is 0.0278. The molecule has 2 aliphatic rings. The number of sulfone groups is 1. The minimum atomic E-state index is -3.10. The standard InChI is InChI=1S/C27H23F3N2O4S/c1-17-31(20-9-7-19(28)8-10-20)24-12-18(25(33)14-27(2)15-37(34,35)16-27)6-11-23(24)32(17)21-4-3-5-22(13-21)36-26(29)30/h3-13,26H,1,14-16H2,2H3. The SMILES string of the molecule is C=C1N(c2cccc(OC(F)F)c2)c2ccc(C(=O)CC3(C)CS(=O)(=O)C3)cc2N1c1ccc(F)cc1. The van der Waals surface area contributed by atoms with Crippen LogP contribution in [-0.4, -0.2) is 32.3 Å². The summed E-state index contributed by atoms with van der Waals surface area (Å²) in [5, 5.41) is 0. The van der Waals surface area contributed by atoms with Crippen LogP contribution in [0.2, 0.25) is 0 Å². The van der Waals surface area contributed by atoms with E-state index in [0.29, 0.717) is 34.1 Å². The van der Waals surface area contributed by atoms with Crippen molar-refractivity contribution in [1.82, 2.24) is 0 Å². The van der Waals surface area contributed by atoms with E-state index in [9.17, 15) is 26.4 Å². The van der Waals surface area contributed by atoms with Crippen LogP contribution in [0.5, 0.6) is 5.75 Å². The summed E-state index contributed by atoms with van der Waals surface area (Å²) in [6.45, 7) is 2.98. The fourth-order valence-corrected chi connectivity index (χ4v) is 7.26. The van der Waals surface area contributed by atoms with Gasteiger partial charge < -0.3 is 4.74 Å². The third kappa shape index (κ3) is 4.81. The van der Waals surface area contributed by atoms with Crippen LogP contribution in [0.1, 0.15) is 23.7 Å². The Morgan fingerprint density at radius 1 is 1.00 bits per heavy atom. The van der Waals surface area contributed by atoms with Crippen molar-refractivity contribution in [2.45, 2.75) is 20.0 Å². The molecule has 0 saturated carbocycles. The number of hydrogen-bond donors (Lipinski definition) is 0. The lowest BCUT2D eigenvalue weighted by Crippen LogP contribution is -2.47. The van der Waals surface area contributed by atoms with E-state index in [1.54, 1.807) is 59.2 Å². The van der Waals surface area contributed by atoms with Crippen molar-refractivity contribution >= 4 is 38.4 Å². The molecule has 0 radical (unpaired) electrons. The van der Waals surface area contributed by atoms with Gasteiger partial charge in [0, 0.05) is 29.2 Å². The minimum Gasteiger partial charge on any atom is -0.435 e. The van der Waals surface area contributed by atoms with Gasteiger partial charge in [0.15, 0.2) is 15.6 Å². The first-order valence-electron chi connectivity index (χ1n) is 11.4. The Labute approximate surface area is 212 Å². The molecule has 0 atom stereocenters. The molecule has 2 aliphatic heterocycles. The zero-order valence-electron chi connectivity index (χ0n) is 19.8. The molecule has 5 rings (SSSR count). The van der Waals surface area contributed by atoms with E-state index in [1.807, 2.05) is 0 Å². The van der Waals surface area contributed by atoms with Gasteiger partial charge in [-0.2, -0.15) is 8.78 Å². The molecule has 37 heavy (non-hydrogen) atoms. The lowest BCUT2D eigenvalue weighted by molar-refractivity contribution is -0.0498. The number of carbonyl (C=O) groups is 1. The summed E-state index contributed by atoms with van der Waals surface area (Å²) in [6.07, 6.45) is 0.0826. The molecule has 3 aromatic carbocycles. The monoisotopic (exact) mass is 528 g/mol. The Morgan fingerprint density at radius 2 is 1.68 bits per heavy atom. The van der Waals surface area contributed by atoms with E-state index in [-0.39, 0.29) is 29.5 Å². The van der Waals surface area contributed by atoms with Crippen molar-refractivity contribution in [2.75, 3.05) is 21.3 Å². The van der Waals surface area contributed by atoms with Crippen molar-refractivity contribution in [1.29, 1.82) is 0 Å². The number of halogens is 3. The molecule has 0 aromatic heterocycles. The molecule has 192 valence electrons. The van der Waals surface area contributed by atoms with E-state index >= 15 is 0 Å². The van der Waals surface area contributed by atoms with E-state index in [0.717, 1.165) is 0 Å². The zero-order chi connectivity index (χ0) is 26.5. The highest BCUT2D eigenvalue weighted by atomic mass is 32.2. The second-order valence-electron chi connectivity index (χ2n) is 9.59. The summed E-state index contributed by atoms with van der Waals surface area (Å²) in [5.74, 6) is -0.277. The topological polar surface area (TPSA) is 66.9 Å². The van der Waals surface area contributed by atoms with E-state index in [1.165, 1.54) is 24.3 Å². The summed E-state index contributed by atoms with van der Waals surface area (Å²) >= 11 is 0. The predicted octanol–water partition coefficient (Wildman–Crippen LogP) is 6.20. The lowest BCUT2D eigenvalue weighted by atomic mass is 9.86. The van der Waals surface area contributed by atoms with E-state index in [2.05, 4.69) is 11.3 Å². The molecule has 1 saturated heterocycles. The van der Waals surface area contributed by atoms with Gasteiger partial charge in [0.25, 0.3) is 0 Å². The predicted molar refractivity (Wildman–Crippen MR) is 135 cm³/mol. The van der Waals surface area contributed by atoms with E-state index in [4.69, 9.17) is 0 Å². The van der Waals surface area contributed by atoms with Crippen molar-refractivity contribution < 1.29 is 31.1 Å². The zero-order valence-corrected chi connectivity index (χ0v) is 20.6. The maximum atomic E-state index is 13.7. The number of ketones is 1. The molecule has 2 heterocycles. The summed E-state index contributed by atoms with van der Waals surface area (Å²) < 4.78 is 67.2. The van der Waals surface area contributed by atoms with Crippen molar-refractivity contribution in [3.8, 4) is 5.75 Å². The van der Waals surface area contributed by atoms with Gasteiger partial charge >= 0.3 is 6.61 Å². The van der Waals surface area contributed by atoms with Crippen molar-refractivity contribution in [3.05, 3.63) is 90.5 Å². The second-order valence-corrected chi connectivity index (χ2v) is 11.7. The molecule has 0 unspecified atom stereocenters. The van der Waals surface area contributed by atoms with Crippen LogP contribution in [0, 0.1) is 11.2 Å². The number of ether oxygens (including phenoxy) is 1. The first kappa shape index (κ1) is 24.9. The second kappa shape index (κ2) is 8.95. The van der Waals surface area contributed by atoms with Crippen molar-refractivity contribution in [2.24, 2.45) is 5.41 Å². The first-order valence-corrected chi connectivity index (χ1v) is 13.2. The highest BCUT2D eigenvalue weighted by Crippen LogP contribution is 2.50. The third-order valence-electron chi connectivity index (χ3n) is 6.41. The number of rotatable bonds is 7. The largest absolute Gasteiger partial charge is 0.435 e. The molecule has 0 aliphatic carbocycles. The summed E-state index contributed by atoms with van der Waals surface area (Å²) in [4.78, 5) is 16.6. The fourth-order valence-electron chi connectivity index (χ4n) is 5.02. The maximum absolute atomic E-state index is 13.7. The molecule has 10 heteroatoms. The molecule has 0 amide bonds. The van der Waals surface area contributed by atoms with Gasteiger partial charge in [0.1, 0.15) is 17.4 Å². The summed E-state index contributed by atoms with van der Waals surface area (Å²) in [7, 11) is -3.10. The van der Waals surface area contributed by atoms with Gasteiger partial charge in [-0.15, -0.1) is 0 Å². The first-order chi connectivity index (χ1) is 17.4. The lowest BCUT2D eigenvalue weighted by Gasteiger charge is -2.37. The number of benzene rings is 3. The Morgan fingerprint density at radius 3 is 2.32 bits per heavy atom. The average molecular weight is 529 g/mol. The Bertz CT molecular complexity index is 1490. The molecule has 1 fully saturated rings. The Hall–Kier alpha value is -3.79. The average Bonchev–Trinajstić information content (AvgIpc) is 3.08. The Kier molecular flexibility index (Phi) is 6.02. The number of Topliss-reactive ketones (excluding diaryl/α,β-unsaturated/α-hetero) is 1. The van der Waals surface area contributed by atoms with Crippen LogP contribution in [0.3, 0.4) is 0 Å². The number of alkyl halides is 2. The third-order valence-corrected chi connectivity index (χ3v) is 8.68. The summed E-state index contributed by atoms with van der Waals surface area (Å²) in [6, 6.07) is 16.9. The molecule has 0 spiro atoms. The van der Waals surface area contributed by atoms with Crippen LogP contribution >= 0.6 is 0 Å². The fraction of sp³-hybridized carbons (Fsp3) is 0.222. The van der Waals surface area contributed by atoms with Crippen LogP contribution in [0.25, 0.3) is 0 Å². The van der Waals surface area contributed by atoms with Gasteiger partial charge in [-0.25, -0.2) is 12.8 Å². The number of nitrogens with zero attached hydrogens (tertiary/aromatic N) is 2. The molecular formula is C27H23F3N2O4S. The Balaban J connectivity index is 1.55. The normalized spacial score (nSPS) is 17.5. The maximum Gasteiger partial charge on any atom is 0.387 e. The number of fused-ring (bicyclic) bond motifs is 1. The quantitative estimate of drug-likeness (QED) is 0.341. The molecule has 3 aromatic rings. The number of anilines is 4. The molecule has 0 bridgehead atoms. The van der Waals surface area contributed by atoms with Crippen LogP contribution in [0.15, 0.2) is 79.1 Å². The van der Waals surface area contributed by atoms with Crippen LogP contribution in [-0.2, 0) is 9.84 Å².